The van der Waals surface area contributed by atoms with Crippen LogP contribution in [0.2, 0.25) is 0 Å². The van der Waals surface area contributed by atoms with Crippen LogP contribution >= 0.6 is 0 Å². The van der Waals surface area contributed by atoms with E-state index in [0.29, 0.717) is 24.2 Å². The van der Waals surface area contributed by atoms with Gasteiger partial charge >= 0.3 is 6.18 Å². The lowest BCUT2D eigenvalue weighted by atomic mass is 10.0. The lowest BCUT2D eigenvalue weighted by molar-refractivity contribution is -0.138. The number of rotatable bonds is 6. The molecule has 0 bridgehead atoms. The fourth-order valence-electron chi connectivity index (χ4n) is 4.50. The summed E-state index contributed by atoms with van der Waals surface area (Å²) in [6, 6.07) is 16.0. The van der Waals surface area contributed by atoms with E-state index in [1.54, 1.807) is 42.5 Å². The van der Waals surface area contributed by atoms with E-state index in [1.165, 1.54) is 12.1 Å². The van der Waals surface area contributed by atoms with E-state index >= 15 is 0 Å². The number of halogens is 3. The third-order valence-corrected chi connectivity index (χ3v) is 6.81. The van der Waals surface area contributed by atoms with Crippen molar-refractivity contribution in [2.75, 3.05) is 38.5 Å². The van der Waals surface area contributed by atoms with Gasteiger partial charge in [-0.2, -0.15) is 13.2 Å². The highest BCUT2D eigenvalue weighted by Gasteiger charge is 2.34. The van der Waals surface area contributed by atoms with Gasteiger partial charge in [0.2, 0.25) is 5.91 Å². The fraction of sp³-hybridized carbons (Fsp3) is 0.290. The van der Waals surface area contributed by atoms with Crippen LogP contribution < -0.4 is 11.1 Å². The molecular formula is C31H31F3N4O2. The Morgan fingerprint density at radius 3 is 2.42 bits per heavy atom. The molecule has 1 fully saturated rings. The highest BCUT2D eigenvalue weighted by molar-refractivity contribution is 6.04. The molecule has 1 aliphatic heterocycles. The Labute approximate surface area is 232 Å². The lowest BCUT2D eigenvalue weighted by Gasteiger charge is -2.33. The minimum atomic E-state index is -4.55. The number of piperazine rings is 1. The molecule has 6 nitrogen and oxygen atoms in total. The van der Waals surface area contributed by atoms with Crippen molar-refractivity contribution in [3.63, 3.8) is 0 Å². The van der Waals surface area contributed by atoms with Gasteiger partial charge in [-0.1, -0.05) is 36.1 Å². The summed E-state index contributed by atoms with van der Waals surface area (Å²) in [6.45, 7) is 5.06. The van der Waals surface area contributed by atoms with Crippen LogP contribution in [0.5, 0.6) is 0 Å². The molecule has 1 aliphatic rings. The number of alkyl halides is 3. The van der Waals surface area contributed by atoms with Crippen molar-refractivity contribution in [1.29, 1.82) is 0 Å². The van der Waals surface area contributed by atoms with Gasteiger partial charge in [-0.15, -0.1) is 0 Å². The van der Waals surface area contributed by atoms with Gasteiger partial charge < -0.3 is 16.0 Å². The highest BCUT2D eigenvalue weighted by atomic mass is 19.4. The van der Waals surface area contributed by atoms with Crippen LogP contribution in [0.25, 0.3) is 0 Å². The summed E-state index contributed by atoms with van der Waals surface area (Å²) in [5, 5.41) is 2.60. The monoisotopic (exact) mass is 548 g/mol. The molecule has 3 N–H and O–H groups in total. The fourth-order valence-corrected chi connectivity index (χ4v) is 4.50. The van der Waals surface area contributed by atoms with Crippen molar-refractivity contribution in [1.82, 2.24) is 9.80 Å². The zero-order valence-corrected chi connectivity index (χ0v) is 22.4. The Balaban J connectivity index is 1.52. The van der Waals surface area contributed by atoms with Gasteiger partial charge in [0.15, 0.2) is 0 Å². The second-order valence-corrected chi connectivity index (χ2v) is 10.0. The number of nitrogens with zero attached hydrogens (tertiary/aromatic N) is 2. The van der Waals surface area contributed by atoms with Crippen LogP contribution in [-0.2, 0) is 23.9 Å². The SMILES string of the molecule is Cc1ccc(C(=O)Nc2ccc(CN3CCN(C)CC3)c(C(F)(F)F)c2)cc1C#Cc1cccc(CC(N)=O)c1. The van der Waals surface area contributed by atoms with Crippen molar-refractivity contribution < 1.29 is 22.8 Å². The zero-order chi connectivity index (χ0) is 28.9. The molecule has 3 aromatic carbocycles. The Morgan fingerprint density at radius 2 is 1.73 bits per heavy atom. The first-order valence-corrected chi connectivity index (χ1v) is 12.9. The number of benzene rings is 3. The van der Waals surface area contributed by atoms with Crippen molar-refractivity contribution in [2.45, 2.75) is 26.1 Å². The third-order valence-electron chi connectivity index (χ3n) is 6.81. The van der Waals surface area contributed by atoms with Crippen LogP contribution in [0.4, 0.5) is 18.9 Å². The van der Waals surface area contributed by atoms with E-state index < -0.39 is 23.6 Å². The number of primary amides is 1. The molecule has 208 valence electrons. The number of anilines is 1. The molecule has 1 saturated heterocycles. The summed E-state index contributed by atoms with van der Waals surface area (Å²) in [5.41, 5.74) is 7.91. The average molecular weight is 549 g/mol. The highest BCUT2D eigenvalue weighted by Crippen LogP contribution is 2.34. The maximum absolute atomic E-state index is 13.9. The molecule has 4 rings (SSSR count). The van der Waals surface area contributed by atoms with E-state index in [0.717, 1.165) is 30.3 Å². The van der Waals surface area contributed by atoms with E-state index in [-0.39, 0.29) is 29.8 Å². The molecule has 40 heavy (non-hydrogen) atoms. The lowest BCUT2D eigenvalue weighted by Crippen LogP contribution is -2.44. The van der Waals surface area contributed by atoms with Crippen LogP contribution in [0, 0.1) is 18.8 Å². The van der Waals surface area contributed by atoms with Gasteiger partial charge in [0.1, 0.15) is 0 Å². The van der Waals surface area contributed by atoms with Gasteiger partial charge in [-0.25, -0.2) is 0 Å². The number of likely N-dealkylation sites (N-methyl/N-ethyl adjacent to an activating group) is 1. The number of aryl methyl sites for hydroxylation is 1. The van der Waals surface area contributed by atoms with Gasteiger partial charge in [-0.05, 0) is 67.1 Å². The first kappa shape index (κ1) is 28.9. The Hall–Kier alpha value is -4.13. The molecule has 0 aromatic heterocycles. The topological polar surface area (TPSA) is 78.7 Å². The molecule has 9 heteroatoms. The summed E-state index contributed by atoms with van der Waals surface area (Å²) in [5.74, 6) is 5.10. The summed E-state index contributed by atoms with van der Waals surface area (Å²) >= 11 is 0. The molecule has 1 heterocycles. The Kier molecular flexibility index (Phi) is 8.93. The van der Waals surface area contributed by atoms with Crippen LogP contribution in [0.1, 0.15) is 43.7 Å². The molecule has 2 amide bonds. The van der Waals surface area contributed by atoms with Crippen molar-refractivity contribution >= 4 is 17.5 Å². The standard InChI is InChI=1S/C31H31F3N4O2/c1-21-6-8-25(18-24(21)9-7-22-4-3-5-23(16-22)17-29(35)39)30(40)36-27-11-10-26(28(19-27)31(32,33)34)20-38-14-12-37(2)13-15-38/h3-6,8,10-11,16,18-19H,12-15,17,20H2,1-2H3,(H2,35,39)(H,36,40). The van der Waals surface area contributed by atoms with Gasteiger partial charge in [0.25, 0.3) is 5.91 Å². The minimum Gasteiger partial charge on any atom is -0.369 e. The maximum atomic E-state index is 13.9. The summed E-state index contributed by atoms with van der Waals surface area (Å²) in [6.07, 6.45) is -4.44. The zero-order valence-electron chi connectivity index (χ0n) is 22.4. The van der Waals surface area contributed by atoms with Crippen molar-refractivity contribution in [3.05, 3.63) is 99.6 Å². The Bertz CT molecular complexity index is 1470. The van der Waals surface area contributed by atoms with Crippen molar-refractivity contribution in [2.24, 2.45) is 5.73 Å². The number of hydrogen-bond acceptors (Lipinski definition) is 4. The molecule has 0 spiro atoms. The first-order chi connectivity index (χ1) is 19.0. The van der Waals surface area contributed by atoms with Gasteiger partial charge in [0, 0.05) is 55.1 Å². The number of nitrogens with two attached hydrogens (primary N) is 1. The number of carbonyl (C=O) groups excluding carboxylic acids is 2. The largest absolute Gasteiger partial charge is 0.416 e. The van der Waals surface area contributed by atoms with Gasteiger partial charge in [0.05, 0.1) is 12.0 Å². The smallest absolute Gasteiger partial charge is 0.369 e. The Morgan fingerprint density at radius 1 is 0.975 bits per heavy atom. The normalized spacial score (nSPS) is 14.3. The summed E-state index contributed by atoms with van der Waals surface area (Å²) in [7, 11) is 1.99. The second-order valence-electron chi connectivity index (χ2n) is 10.0. The van der Waals surface area contributed by atoms with E-state index in [9.17, 15) is 22.8 Å². The van der Waals surface area contributed by atoms with E-state index in [2.05, 4.69) is 22.1 Å². The molecule has 0 radical (unpaired) electrons. The minimum absolute atomic E-state index is 0.0685. The third kappa shape index (κ3) is 7.72. The second kappa shape index (κ2) is 12.4. The van der Waals surface area contributed by atoms with E-state index in [1.807, 2.05) is 18.9 Å². The van der Waals surface area contributed by atoms with Crippen molar-refractivity contribution in [3.8, 4) is 11.8 Å². The average Bonchev–Trinajstić information content (AvgIpc) is 2.89. The number of amides is 2. The van der Waals surface area contributed by atoms with Crippen LogP contribution in [0.3, 0.4) is 0 Å². The van der Waals surface area contributed by atoms with Crippen LogP contribution in [0.15, 0.2) is 60.7 Å². The number of carbonyl (C=O) groups is 2. The molecule has 0 atom stereocenters. The molecule has 0 unspecified atom stereocenters. The first-order valence-electron chi connectivity index (χ1n) is 12.9. The molecular weight excluding hydrogens is 517 g/mol. The predicted octanol–water partition coefficient (Wildman–Crippen LogP) is 4.44. The van der Waals surface area contributed by atoms with Gasteiger partial charge in [-0.3, -0.25) is 14.5 Å². The summed E-state index contributed by atoms with van der Waals surface area (Å²) in [4.78, 5) is 28.3. The van der Waals surface area contributed by atoms with E-state index in [4.69, 9.17) is 5.73 Å². The number of nitrogens with one attached hydrogen (secondary N) is 1. The molecule has 0 saturated carbocycles. The predicted molar refractivity (Wildman–Crippen MR) is 149 cm³/mol. The maximum Gasteiger partial charge on any atom is 0.416 e. The quantitative estimate of drug-likeness (QED) is 0.447. The molecule has 3 aromatic rings. The van der Waals surface area contributed by atoms with Crippen LogP contribution in [-0.4, -0.2) is 54.8 Å². The number of hydrogen-bond donors (Lipinski definition) is 2. The summed E-state index contributed by atoms with van der Waals surface area (Å²) < 4.78 is 41.8. The molecule has 0 aliphatic carbocycles.